The summed E-state index contributed by atoms with van der Waals surface area (Å²) in [5.74, 6) is 0.959. The summed E-state index contributed by atoms with van der Waals surface area (Å²) in [6.07, 6.45) is 0.232. The molecule has 1 aromatic carbocycles. The molecule has 2 atom stereocenters. The first-order chi connectivity index (χ1) is 8.74. The Bertz CT molecular complexity index is 558. The van der Waals surface area contributed by atoms with Gasteiger partial charge in [0.1, 0.15) is 0 Å². The van der Waals surface area contributed by atoms with Crippen LogP contribution in [-0.4, -0.2) is 27.9 Å². The zero-order valence-corrected chi connectivity index (χ0v) is 10.3. The van der Waals surface area contributed by atoms with Gasteiger partial charge in [0.15, 0.2) is 0 Å². The van der Waals surface area contributed by atoms with Crippen molar-refractivity contribution in [2.75, 3.05) is 6.54 Å². The molecule has 18 heavy (non-hydrogen) atoms. The predicted octanol–water partition coefficient (Wildman–Crippen LogP) is 1.79. The van der Waals surface area contributed by atoms with E-state index in [2.05, 4.69) is 15.5 Å². The molecule has 3 rings (SSSR count). The highest BCUT2D eigenvalue weighted by Crippen LogP contribution is 2.28. The summed E-state index contributed by atoms with van der Waals surface area (Å²) in [7, 11) is 0. The molecule has 2 N–H and O–H groups in total. The number of hydrogen-bond acceptors (Lipinski definition) is 5. The lowest BCUT2D eigenvalue weighted by molar-refractivity contribution is 0.191. The second kappa shape index (κ2) is 4.68. The van der Waals surface area contributed by atoms with Gasteiger partial charge in [-0.05, 0) is 18.6 Å². The summed E-state index contributed by atoms with van der Waals surface area (Å²) < 4.78 is 5.21. The first-order valence-electron chi connectivity index (χ1n) is 5.74. The van der Waals surface area contributed by atoms with Crippen molar-refractivity contribution in [2.45, 2.75) is 18.6 Å². The summed E-state index contributed by atoms with van der Waals surface area (Å²) >= 11 is 6.07. The molecule has 1 saturated heterocycles. The standard InChI is InChI=1S/C12H12ClN3O2/c13-9-4-2-1-3-8(9)11-15-12(18-16-11)10-5-7(17)6-14-10/h1-4,7,10,14,17H,5-6H2/t7-,10-/m0/s1. The van der Waals surface area contributed by atoms with Crippen molar-refractivity contribution in [3.63, 3.8) is 0 Å². The van der Waals surface area contributed by atoms with Gasteiger partial charge in [-0.15, -0.1) is 0 Å². The third-order valence-corrected chi connectivity index (χ3v) is 3.29. The number of β-amino-alcohol motifs (C(OH)–C–C–N with tert-alkyl or cyclic N) is 1. The molecule has 0 radical (unpaired) electrons. The molecule has 0 amide bonds. The van der Waals surface area contributed by atoms with Crippen LogP contribution in [0.15, 0.2) is 28.8 Å². The van der Waals surface area contributed by atoms with Crippen LogP contribution in [-0.2, 0) is 0 Å². The van der Waals surface area contributed by atoms with E-state index in [0.717, 1.165) is 5.56 Å². The number of aliphatic hydroxyl groups excluding tert-OH is 1. The summed E-state index contributed by atoms with van der Waals surface area (Å²) in [5.41, 5.74) is 0.743. The minimum absolute atomic E-state index is 0.0799. The van der Waals surface area contributed by atoms with Crippen LogP contribution in [0.3, 0.4) is 0 Å². The molecule has 1 fully saturated rings. The summed E-state index contributed by atoms with van der Waals surface area (Å²) in [6, 6.07) is 7.26. The molecule has 1 aliphatic rings. The molecular weight excluding hydrogens is 254 g/mol. The Labute approximate surface area is 109 Å². The topological polar surface area (TPSA) is 71.2 Å². The van der Waals surface area contributed by atoms with Crippen molar-refractivity contribution in [1.82, 2.24) is 15.5 Å². The van der Waals surface area contributed by atoms with Crippen molar-refractivity contribution in [1.29, 1.82) is 0 Å². The van der Waals surface area contributed by atoms with E-state index in [1.165, 1.54) is 0 Å². The Balaban J connectivity index is 1.88. The summed E-state index contributed by atoms with van der Waals surface area (Å²) in [6.45, 7) is 0.550. The van der Waals surface area contributed by atoms with Crippen LogP contribution in [0.2, 0.25) is 5.02 Å². The molecular formula is C12H12ClN3O2. The van der Waals surface area contributed by atoms with E-state index >= 15 is 0 Å². The first kappa shape index (κ1) is 11.6. The number of hydrogen-bond donors (Lipinski definition) is 2. The Morgan fingerprint density at radius 3 is 2.94 bits per heavy atom. The fourth-order valence-corrected chi connectivity index (χ4v) is 2.25. The van der Waals surface area contributed by atoms with Crippen molar-refractivity contribution in [2.24, 2.45) is 0 Å². The van der Waals surface area contributed by atoms with Crippen molar-refractivity contribution < 1.29 is 9.63 Å². The lowest BCUT2D eigenvalue weighted by Gasteiger charge is -2.01. The van der Waals surface area contributed by atoms with Gasteiger partial charge in [-0.25, -0.2) is 0 Å². The third kappa shape index (κ3) is 2.12. The van der Waals surface area contributed by atoms with E-state index < -0.39 is 0 Å². The van der Waals surface area contributed by atoms with Crippen molar-refractivity contribution in [3.05, 3.63) is 35.2 Å². The Morgan fingerprint density at radius 2 is 2.22 bits per heavy atom. The third-order valence-electron chi connectivity index (χ3n) is 2.96. The van der Waals surface area contributed by atoms with Gasteiger partial charge >= 0.3 is 0 Å². The minimum atomic E-state index is -0.356. The monoisotopic (exact) mass is 265 g/mol. The molecule has 0 spiro atoms. The molecule has 94 valence electrons. The number of rotatable bonds is 2. The van der Waals surface area contributed by atoms with Gasteiger partial charge in [0.2, 0.25) is 11.7 Å². The number of nitrogens with one attached hydrogen (secondary N) is 1. The van der Waals surface area contributed by atoms with Gasteiger partial charge < -0.3 is 14.9 Å². The molecule has 2 heterocycles. The number of aromatic nitrogens is 2. The maximum Gasteiger partial charge on any atom is 0.244 e. The number of benzene rings is 1. The molecule has 6 heteroatoms. The van der Waals surface area contributed by atoms with Gasteiger partial charge in [-0.3, -0.25) is 0 Å². The zero-order chi connectivity index (χ0) is 12.5. The van der Waals surface area contributed by atoms with Crippen LogP contribution in [0.1, 0.15) is 18.4 Å². The van der Waals surface area contributed by atoms with Gasteiger partial charge in [0.05, 0.1) is 17.2 Å². The second-order valence-corrected chi connectivity index (χ2v) is 4.69. The molecule has 0 bridgehead atoms. The fourth-order valence-electron chi connectivity index (χ4n) is 2.03. The summed E-state index contributed by atoms with van der Waals surface area (Å²) in [4.78, 5) is 4.32. The highest BCUT2D eigenvalue weighted by molar-refractivity contribution is 6.33. The average Bonchev–Trinajstić information content (AvgIpc) is 2.98. The van der Waals surface area contributed by atoms with Crippen molar-refractivity contribution in [3.8, 4) is 11.4 Å². The van der Waals surface area contributed by atoms with Gasteiger partial charge in [0, 0.05) is 12.1 Å². The smallest absolute Gasteiger partial charge is 0.244 e. The predicted molar refractivity (Wildman–Crippen MR) is 66.1 cm³/mol. The number of halogens is 1. The van der Waals surface area contributed by atoms with Gasteiger partial charge in [0.25, 0.3) is 0 Å². The Morgan fingerprint density at radius 1 is 1.39 bits per heavy atom. The average molecular weight is 266 g/mol. The van der Waals surface area contributed by atoms with Crippen LogP contribution in [0.5, 0.6) is 0 Å². The van der Waals surface area contributed by atoms with E-state index in [0.29, 0.717) is 29.7 Å². The molecule has 1 aromatic heterocycles. The number of aliphatic hydroxyl groups is 1. The lowest BCUT2D eigenvalue weighted by Crippen LogP contribution is -2.15. The minimum Gasteiger partial charge on any atom is -0.392 e. The van der Waals surface area contributed by atoms with E-state index in [4.69, 9.17) is 16.1 Å². The Hall–Kier alpha value is -1.43. The van der Waals surface area contributed by atoms with Gasteiger partial charge in [-0.2, -0.15) is 4.98 Å². The van der Waals surface area contributed by atoms with Crippen LogP contribution in [0.25, 0.3) is 11.4 Å². The Kier molecular flexibility index (Phi) is 3.03. The first-order valence-corrected chi connectivity index (χ1v) is 6.12. The van der Waals surface area contributed by atoms with E-state index in [1.807, 2.05) is 18.2 Å². The normalized spacial score (nSPS) is 23.4. The van der Waals surface area contributed by atoms with E-state index in [1.54, 1.807) is 6.07 Å². The number of nitrogens with zero attached hydrogens (tertiary/aromatic N) is 2. The fraction of sp³-hybridized carbons (Fsp3) is 0.333. The molecule has 5 nitrogen and oxygen atoms in total. The van der Waals surface area contributed by atoms with Crippen molar-refractivity contribution >= 4 is 11.6 Å². The molecule has 0 aliphatic carbocycles. The molecule has 1 aliphatic heterocycles. The van der Waals surface area contributed by atoms with Crippen LogP contribution in [0, 0.1) is 0 Å². The SMILES string of the molecule is O[C@@H]1CN[C@H](c2nc(-c3ccccc3Cl)no2)C1. The molecule has 0 unspecified atom stereocenters. The molecule has 0 saturated carbocycles. The van der Waals surface area contributed by atoms with Crippen LogP contribution >= 0.6 is 11.6 Å². The van der Waals surface area contributed by atoms with E-state index in [9.17, 15) is 5.11 Å². The largest absolute Gasteiger partial charge is 0.392 e. The second-order valence-electron chi connectivity index (χ2n) is 4.29. The highest BCUT2D eigenvalue weighted by atomic mass is 35.5. The maximum absolute atomic E-state index is 9.46. The van der Waals surface area contributed by atoms with Crippen LogP contribution < -0.4 is 5.32 Å². The quantitative estimate of drug-likeness (QED) is 0.866. The van der Waals surface area contributed by atoms with E-state index in [-0.39, 0.29) is 12.1 Å². The maximum atomic E-state index is 9.46. The van der Waals surface area contributed by atoms with Crippen LogP contribution in [0.4, 0.5) is 0 Å². The lowest BCUT2D eigenvalue weighted by atomic mass is 10.2. The summed E-state index contributed by atoms with van der Waals surface area (Å²) in [5, 5.41) is 17.1. The highest BCUT2D eigenvalue weighted by Gasteiger charge is 2.28. The zero-order valence-electron chi connectivity index (χ0n) is 9.51. The molecule has 2 aromatic rings. The van der Waals surface area contributed by atoms with Gasteiger partial charge in [-0.1, -0.05) is 28.9 Å².